The van der Waals surface area contributed by atoms with E-state index in [1.54, 1.807) is 0 Å². The average Bonchev–Trinajstić information content (AvgIpc) is 2.71. The van der Waals surface area contributed by atoms with Crippen LogP contribution in [0.3, 0.4) is 0 Å². The molecule has 4 heteroatoms. The minimum Gasteiger partial charge on any atom is -0.408 e. The Kier molecular flexibility index (Phi) is 3.53. The van der Waals surface area contributed by atoms with Gasteiger partial charge in [-0.05, 0) is 18.8 Å². The van der Waals surface area contributed by atoms with Gasteiger partial charge in [0.25, 0.3) is 0 Å². The Hall–Kier alpha value is 0.275. The van der Waals surface area contributed by atoms with E-state index in [1.165, 1.54) is 32.1 Å². The Morgan fingerprint density at radius 2 is 1.69 bits per heavy atom. The van der Waals surface area contributed by atoms with Gasteiger partial charge < -0.3 is 9.31 Å². The van der Waals surface area contributed by atoms with E-state index >= 15 is 0 Å². The van der Waals surface area contributed by atoms with Crippen molar-refractivity contribution in [2.24, 2.45) is 5.92 Å². The zero-order valence-corrected chi connectivity index (χ0v) is 8.63. The van der Waals surface area contributed by atoms with Gasteiger partial charge in [-0.25, -0.2) is 0 Å². The van der Waals surface area contributed by atoms with Crippen LogP contribution in [0.1, 0.15) is 32.1 Å². The lowest BCUT2D eigenvalue weighted by Gasteiger charge is -2.26. The van der Waals surface area contributed by atoms with Crippen molar-refractivity contribution in [2.75, 3.05) is 13.2 Å². The van der Waals surface area contributed by atoms with Crippen LogP contribution in [0.15, 0.2) is 0 Å². The van der Waals surface area contributed by atoms with E-state index in [4.69, 9.17) is 20.9 Å². The van der Waals surface area contributed by atoms with Crippen molar-refractivity contribution < 1.29 is 9.31 Å². The molecule has 2 aliphatic rings. The molecule has 0 spiro atoms. The highest BCUT2D eigenvalue weighted by molar-refractivity contribution is 6.59. The highest BCUT2D eigenvalue weighted by Gasteiger charge is 2.37. The fourth-order valence-electron chi connectivity index (χ4n) is 2.24. The minimum atomic E-state index is -0.134. The number of halogens is 1. The minimum absolute atomic E-state index is 0.0720. The van der Waals surface area contributed by atoms with Gasteiger partial charge in [-0.15, -0.1) is 11.6 Å². The lowest BCUT2D eigenvalue weighted by molar-refractivity contribution is 0.316. The molecule has 0 N–H and O–H groups in total. The van der Waals surface area contributed by atoms with Crippen LogP contribution in [0.25, 0.3) is 0 Å². The van der Waals surface area contributed by atoms with Gasteiger partial charge in [0.2, 0.25) is 0 Å². The summed E-state index contributed by atoms with van der Waals surface area (Å²) >= 11 is 6.32. The first kappa shape index (κ1) is 9.82. The van der Waals surface area contributed by atoms with E-state index in [1.807, 2.05) is 0 Å². The standard InChI is InChI=1S/C9H16BClO2/c11-9(10-12-6-7-13-10)8-4-2-1-3-5-8/h8-9H,1-7H2. The van der Waals surface area contributed by atoms with Crippen LogP contribution in [0, 0.1) is 5.92 Å². The van der Waals surface area contributed by atoms with Crippen molar-refractivity contribution in [2.45, 2.75) is 37.4 Å². The van der Waals surface area contributed by atoms with Gasteiger partial charge in [0.1, 0.15) is 0 Å². The maximum atomic E-state index is 6.32. The molecule has 0 radical (unpaired) electrons. The first-order valence-corrected chi connectivity index (χ1v) is 5.69. The van der Waals surface area contributed by atoms with E-state index in [-0.39, 0.29) is 12.4 Å². The van der Waals surface area contributed by atoms with Crippen LogP contribution >= 0.6 is 11.6 Å². The van der Waals surface area contributed by atoms with Gasteiger partial charge in [0.05, 0.1) is 18.5 Å². The third-order valence-electron chi connectivity index (χ3n) is 3.01. The molecule has 1 heterocycles. The van der Waals surface area contributed by atoms with E-state index in [0.717, 1.165) is 0 Å². The summed E-state index contributed by atoms with van der Waals surface area (Å²) in [6, 6.07) is 0. The Labute approximate surface area is 85.1 Å². The van der Waals surface area contributed by atoms with Crippen LogP contribution in [-0.4, -0.2) is 25.6 Å². The van der Waals surface area contributed by atoms with E-state index in [2.05, 4.69) is 0 Å². The summed E-state index contributed by atoms with van der Waals surface area (Å²) in [5.41, 5.74) is 0. The highest BCUT2D eigenvalue weighted by atomic mass is 35.5. The zero-order valence-electron chi connectivity index (χ0n) is 7.88. The zero-order chi connectivity index (χ0) is 9.10. The number of rotatable bonds is 2. The van der Waals surface area contributed by atoms with Crippen molar-refractivity contribution in [3.05, 3.63) is 0 Å². The second kappa shape index (κ2) is 4.67. The molecule has 1 atom stereocenters. The van der Waals surface area contributed by atoms with E-state index in [0.29, 0.717) is 19.1 Å². The first-order chi connectivity index (χ1) is 6.38. The Bertz CT molecular complexity index is 156. The lowest BCUT2D eigenvalue weighted by Crippen LogP contribution is -2.35. The third kappa shape index (κ3) is 2.39. The van der Waals surface area contributed by atoms with Crippen molar-refractivity contribution in [3.63, 3.8) is 0 Å². The van der Waals surface area contributed by atoms with Crippen LogP contribution in [0.4, 0.5) is 0 Å². The molecule has 1 unspecified atom stereocenters. The van der Waals surface area contributed by atoms with Crippen LogP contribution in [0.5, 0.6) is 0 Å². The summed E-state index contributed by atoms with van der Waals surface area (Å²) in [5, 5.41) is 0.0720. The van der Waals surface area contributed by atoms with Gasteiger partial charge in [-0.1, -0.05) is 19.3 Å². The predicted octanol–water partition coefficient (Wildman–Crippen LogP) is 2.25. The largest absolute Gasteiger partial charge is 0.476 e. The van der Waals surface area contributed by atoms with Crippen LogP contribution in [0.2, 0.25) is 0 Å². The molecule has 74 valence electrons. The number of hydrogen-bond donors (Lipinski definition) is 0. The maximum Gasteiger partial charge on any atom is 0.476 e. The molecule has 13 heavy (non-hydrogen) atoms. The second-order valence-electron chi connectivity index (χ2n) is 3.95. The molecular formula is C9H16BClO2. The SMILES string of the molecule is ClC(B1OCCO1)C1CCCCC1. The molecular weight excluding hydrogens is 186 g/mol. The normalized spacial score (nSPS) is 27.9. The van der Waals surface area contributed by atoms with Gasteiger partial charge in [0.15, 0.2) is 0 Å². The summed E-state index contributed by atoms with van der Waals surface area (Å²) in [6.07, 6.45) is 6.50. The quantitative estimate of drug-likeness (QED) is 0.505. The summed E-state index contributed by atoms with van der Waals surface area (Å²) in [7, 11) is -0.134. The van der Waals surface area contributed by atoms with Crippen molar-refractivity contribution >= 4 is 18.7 Å². The van der Waals surface area contributed by atoms with Gasteiger partial charge in [-0.3, -0.25) is 0 Å². The Morgan fingerprint density at radius 3 is 2.31 bits per heavy atom. The molecule has 2 nitrogen and oxygen atoms in total. The van der Waals surface area contributed by atoms with E-state index < -0.39 is 0 Å². The van der Waals surface area contributed by atoms with Gasteiger partial charge in [-0.2, -0.15) is 0 Å². The molecule has 0 bridgehead atoms. The van der Waals surface area contributed by atoms with E-state index in [9.17, 15) is 0 Å². The number of hydrogen-bond acceptors (Lipinski definition) is 2. The Morgan fingerprint density at radius 1 is 1.08 bits per heavy atom. The predicted molar refractivity (Wildman–Crippen MR) is 53.9 cm³/mol. The maximum absolute atomic E-state index is 6.32. The molecule has 1 saturated heterocycles. The molecule has 1 aliphatic carbocycles. The molecule has 2 rings (SSSR count). The smallest absolute Gasteiger partial charge is 0.408 e. The second-order valence-corrected chi connectivity index (χ2v) is 4.46. The van der Waals surface area contributed by atoms with Gasteiger partial charge >= 0.3 is 7.12 Å². The van der Waals surface area contributed by atoms with Crippen LogP contribution < -0.4 is 0 Å². The monoisotopic (exact) mass is 202 g/mol. The van der Waals surface area contributed by atoms with Crippen molar-refractivity contribution in [3.8, 4) is 0 Å². The average molecular weight is 202 g/mol. The third-order valence-corrected chi connectivity index (χ3v) is 3.57. The first-order valence-electron chi connectivity index (χ1n) is 5.25. The lowest BCUT2D eigenvalue weighted by atomic mass is 9.71. The summed E-state index contributed by atoms with van der Waals surface area (Å²) < 4.78 is 10.8. The fourth-order valence-corrected chi connectivity index (χ4v) is 2.63. The fraction of sp³-hybridized carbons (Fsp3) is 1.00. The van der Waals surface area contributed by atoms with Crippen molar-refractivity contribution in [1.82, 2.24) is 0 Å². The molecule has 1 saturated carbocycles. The molecule has 0 aromatic carbocycles. The van der Waals surface area contributed by atoms with Crippen molar-refractivity contribution in [1.29, 1.82) is 0 Å². The Balaban J connectivity index is 1.83. The summed E-state index contributed by atoms with van der Waals surface area (Å²) in [4.78, 5) is 0. The topological polar surface area (TPSA) is 18.5 Å². The summed E-state index contributed by atoms with van der Waals surface area (Å²) in [5.74, 6) is 0.610. The molecule has 0 aromatic heterocycles. The van der Waals surface area contributed by atoms with Gasteiger partial charge in [0, 0.05) is 0 Å². The molecule has 0 aromatic rings. The summed E-state index contributed by atoms with van der Waals surface area (Å²) in [6.45, 7) is 1.42. The molecule has 0 amide bonds. The molecule has 1 aliphatic heterocycles. The highest BCUT2D eigenvalue weighted by Crippen LogP contribution is 2.31. The van der Waals surface area contributed by atoms with Crippen LogP contribution in [-0.2, 0) is 9.31 Å². The number of alkyl halides is 1. The molecule has 2 fully saturated rings.